The van der Waals surface area contributed by atoms with Gasteiger partial charge in [0.1, 0.15) is 29.6 Å². The summed E-state index contributed by atoms with van der Waals surface area (Å²) in [5.74, 6) is 0.344. The highest BCUT2D eigenvalue weighted by Crippen LogP contribution is 2.27. The lowest BCUT2D eigenvalue weighted by Crippen LogP contribution is -2.25. The molecule has 1 amide bonds. The average molecular weight is 403 g/mol. The fourth-order valence-corrected chi connectivity index (χ4v) is 2.87. The van der Waals surface area contributed by atoms with E-state index in [1.54, 1.807) is 25.1 Å². The summed E-state index contributed by atoms with van der Waals surface area (Å²) in [5, 5.41) is 31.1. The van der Waals surface area contributed by atoms with Crippen molar-refractivity contribution in [1.82, 2.24) is 5.32 Å². The molecule has 0 aliphatic carbocycles. The van der Waals surface area contributed by atoms with Gasteiger partial charge in [-0.05, 0) is 39.0 Å². The van der Waals surface area contributed by atoms with Gasteiger partial charge in [-0.2, -0.15) is 15.8 Å². The molecule has 0 unspecified atom stereocenters. The van der Waals surface area contributed by atoms with Gasteiger partial charge in [0, 0.05) is 36.3 Å². The molecule has 8 nitrogen and oxygen atoms in total. The average Bonchev–Trinajstić information content (AvgIpc) is 3.15. The van der Waals surface area contributed by atoms with E-state index in [0.717, 1.165) is 24.2 Å². The quantitative estimate of drug-likeness (QED) is 0.541. The number of nitrogens with one attached hydrogen (secondary N) is 1. The molecular formula is C22H21N5O3. The Morgan fingerprint density at radius 1 is 1.13 bits per heavy atom. The first-order chi connectivity index (χ1) is 14.5. The minimum Gasteiger partial charge on any atom is -0.457 e. The largest absolute Gasteiger partial charge is 0.457 e. The molecule has 2 aromatic rings. The third-order valence-corrected chi connectivity index (χ3v) is 4.30. The summed E-state index contributed by atoms with van der Waals surface area (Å²) in [5.41, 5.74) is 0.886. The van der Waals surface area contributed by atoms with Crippen molar-refractivity contribution in [3.8, 4) is 18.2 Å². The van der Waals surface area contributed by atoms with Crippen LogP contribution in [0.3, 0.4) is 0 Å². The van der Waals surface area contributed by atoms with Crippen LogP contribution in [0.4, 0.5) is 10.5 Å². The second-order valence-corrected chi connectivity index (χ2v) is 6.03. The highest BCUT2D eigenvalue weighted by molar-refractivity contribution is 5.84. The molecule has 0 spiro atoms. The lowest BCUT2D eigenvalue weighted by atomic mass is 10.1. The minimum atomic E-state index is -0.870. The van der Waals surface area contributed by atoms with Crippen LogP contribution in [0.5, 0.6) is 0 Å². The first-order valence-corrected chi connectivity index (χ1v) is 9.40. The second-order valence-electron chi connectivity index (χ2n) is 6.03. The van der Waals surface area contributed by atoms with Gasteiger partial charge in [0.25, 0.3) is 0 Å². The molecular weight excluding hydrogens is 382 g/mol. The van der Waals surface area contributed by atoms with Crippen molar-refractivity contribution in [1.29, 1.82) is 15.8 Å². The minimum absolute atomic E-state index is 0.0948. The van der Waals surface area contributed by atoms with Crippen molar-refractivity contribution in [2.45, 2.75) is 20.8 Å². The zero-order valence-corrected chi connectivity index (χ0v) is 17.0. The number of amides is 1. The molecule has 2 rings (SSSR count). The molecule has 1 aromatic heterocycles. The van der Waals surface area contributed by atoms with E-state index >= 15 is 0 Å². The summed E-state index contributed by atoms with van der Waals surface area (Å²) in [6.45, 7) is 7.54. The van der Waals surface area contributed by atoms with Gasteiger partial charge >= 0.3 is 6.09 Å². The predicted molar refractivity (Wildman–Crippen MR) is 112 cm³/mol. The zero-order valence-electron chi connectivity index (χ0n) is 17.0. The number of nitriles is 3. The van der Waals surface area contributed by atoms with Gasteiger partial charge in [0.2, 0.25) is 0 Å². The number of anilines is 1. The van der Waals surface area contributed by atoms with E-state index in [4.69, 9.17) is 9.15 Å². The van der Waals surface area contributed by atoms with Crippen LogP contribution in [0.15, 0.2) is 45.5 Å². The Morgan fingerprint density at radius 2 is 1.83 bits per heavy atom. The fourth-order valence-electron chi connectivity index (χ4n) is 2.87. The molecule has 0 atom stereocenters. The van der Waals surface area contributed by atoms with Gasteiger partial charge in [-0.1, -0.05) is 0 Å². The van der Waals surface area contributed by atoms with E-state index < -0.39 is 11.7 Å². The van der Waals surface area contributed by atoms with E-state index in [2.05, 4.69) is 24.1 Å². The van der Waals surface area contributed by atoms with Crippen molar-refractivity contribution in [3.05, 3.63) is 46.9 Å². The molecule has 0 aliphatic heterocycles. The normalized spacial score (nSPS) is 10.5. The Balaban J connectivity index is 2.51. The SMILES string of the molecule is CCOC(=O)NC(=C(C#N)C#N)/C(C#N)=C/c1cc2ccc(N(CC)CC)cc2o1. The number of nitrogens with zero attached hydrogens (tertiary/aromatic N) is 4. The topological polar surface area (TPSA) is 126 Å². The van der Waals surface area contributed by atoms with Gasteiger partial charge in [0.05, 0.1) is 17.9 Å². The molecule has 0 radical (unpaired) electrons. The van der Waals surface area contributed by atoms with Crippen molar-refractivity contribution in [2.24, 2.45) is 0 Å². The molecule has 152 valence electrons. The maximum atomic E-state index is 11.8. The van der Waals surface area contributed by atoms with Crippen LogP contribution in [0, 0.1) is 34.0 Å². The summed E-state index contributed by atoms with van der Waals surface area (Å²) in [6, 6.07) is 12.8. The van der Waals surface area contributed by atoms with E-state index in [0.29, 0.717) is 11.3 Å². The van der Waals surface area contributed by atoms with Gasteiger partial charge in [-0.25, -0.2) is 4.79 Å². The molecule has 0 saturated heterocycles. The lowest BCUT2D eigenvalue weighted by Gasteiger charge is -2.20. The Kier molecular flexibility index (Phi) is 7.62. The Hall–Kier alpha value is -4.22. The molecule has 0 fully saturated rings. The number of hydrogen-bond acceptors (Lipinski definition) is 7. The van der Waals surface area contributed by atoms with E-state index in [9.17, 15) is 20.6 Å². The lowest BCUT2D eigenvalue weighted by molar-refractivity contribution is 0.155. The molecule has 0 aliphatic rings. The van der Waals surface area contributed by atoms with Crippen LogP contribution in [0.2, 0.25) is 0 Å². The summed E-state index contributed by atoms with van der Waals surface area (Å²) in [6.07, 6.45) is 0.498. The van der Waals surface area contributed by atoms with Gasteiger partial charge in [0.15, 0.2) is 5.57 Å². The summed E-state index contributed by atoms with van der Waals surface area (Å²) >= 11 is 0. The predicted octanol–water partition coefficient (Wildman–Crippen LogP) is 4.23. The van der Waals surface area contributed by atoms with E-state index in [-0.39, 0.29) is 17.9 Å². The van der Waals surface area contributed by atoms with E-state index in [1.807, 2.05) is 24.3 Å². The first kappa shape index (κ1) is 22.1. The molecule has 1 heterocycles. The highest BCUT2D eigenvalue weighted by Gasteiger charge is 2.17. The molecule has 8 heteroatoms. The maximum absolute atomic E-state index is 11.8. The first-order valence-electron chi connectivity index (χ1n) is 9.40. The van der Waals surface area contributed by atoms with Crippen LogP contribution >= 0.6 is 0 Å². The summed E-state index contributed by atoms with van der Waals surface area (Å²) in [4.78, 5) is 14.0. The van der Waals surface area contributed by atoms with E-state index in [1.165, 1.54) is 6.08 Å². The van der Waals surface area contributed by atoms with Crippen molar-refractivity contribution in [2.75, 3.05) is 24.6 Å². The van der Waals surface area contributed by atoms with Crippen LogP contribution in [0.25, 0.3) is 17.0 Å². The zero-order chi connectivity index (χ0) is 22.1. The number of ether oxygens (including phenoxy) is 1. The van der Waals surface area contributed by atoms with Crippen molar-refractivity contribution >= 4 is 28.8 Å². The van der Waals surface area contributed by atoms with Crippen LogP contribution in [-0.4, -0.2) is 25.8 Å². The number of alkyl carbamates (subject to hydrolysis) is 1. The number of hydrogen-bond donors (Lipinski definition) is 1. The number of rotatable bonds is 7. The van der Waals surface area contributed by atoms with Crippen LogP contribution in [0.1, 0.15) is 26.5 Å². The monoisotopic (exact) mass is 403 g/mol. The molecule has 30 heavy (non-hydrogen) atoms. The fraction of sp³-hybridized carbons (Fsp3) is 0.273. The Labute approximate surface area is 174 Å². The van der Waals surface area contributed by atoms with Gasteiger partial charge in [-0.15, -0.1) is 0 Å². The van der Waals surface area contributed by atoms with Gasteiger partial charge in [-0.3, -0.25) is 5.32 Å². The molecule has 0 bridgehead atoms. The number of benzene rings is 1. The third-order valence-electron chi connectivity index (χ3n) is 4.30. The summed E-state index contributed by atoms with van der Waals surface area (Å²) in [7, 11) is 0. The smallest absolute Gasteiger partial charge is 0.411 e. The Bertz CT molecular complexity index is 1100. The third kappa shape index (κ3) is 4.98. The highest BCUT2D eigenvalue weighted by atomic mass is 16.5. The Morgan fingerprint density at radius 3 is 2.40 bits per heavy atom. The molecule has 1 N–H and O–H groups in total. The van der Waals surface area contributed by atoms with Crippen molar-refractivity contribution < 1.29 is 13.9 Å². The molecule has 1 aromatic carbocycles. The maximum Gasteiger partial charge on any atom is 0.411 e. The number of carbonyl (C=O) groups excluding carboxylic acids is 1. The number of furan rings is 1. The number of allylic oxidation sites excluding steroid dienone is 2. The van der Waals surface area contributed by atoms with Crippen LogP contribution in [-0.2, 0) is 4.74 Å². The molecule has 0 saturated carbocycles. The summed E-state index contributed by atoms with van der Waals surface area (Å²) < 4.78 is 10.6. The second kappa shape index (κ2) is 10.4. The van der Waals surface area contributed by atoms with Crippen LogP contribution < -0.4 is 10.2 Å². The standard InChI is InChI=1S/C22H21N5O3/c1-4-27(5-2)18-8-7-15-9-19(30-20(15)11-18)10-16(12-23)21(17(13-24)14-25)26-22(28)29-6-3/h7-11H,4-6H2,1-3H3,(H,26,28)/b16-10+. The van der Waals surface area contributed by atoms with Crippen molar-refractivity contribution in [3.63, 3.8) is 0 Å². The van der Waals surface area contributed by atoms with Gasteiger partial charge < -0.3 is 14.1 Å². The number of carbonyl (C=O) groups is 1. The number of fused-ring (bicyclic) bond motifs is 1.